The minimum absolute atomic E-state index is 0.278. The molecular formula is C81H133N10O24P5. The fourth-order valence-electron chi connectivity index (χ4n) is 13.9. The van der Waals surface area contributed by atoms with E-state index in [1.165, 1.54) is 58.0 Å². The smallest absolute Gasteiger partial charge is 0.330 e. The Balaban J connectivity index is 0.000000233. The molecule has 9 unspecified atom stereocenters. The van der Waals surface area contributed by atoms with Gasteiger partial charge in [0.05, 0.1) is 30.5 Å². The third-order valence-electron chi connectivity index (χ3n) is 21.0. The number of nitrogens with zero attached hydrogens (tertiary/aromatic N) is 5. The molecule has 4 aromatic rings. The van der Waals surface area contributed by atoms with Crippen molar-refractivity contribution in [3.8, 4) is 0 Å². The summed E-state index contributed by atoms with van der Waals surface area (Å²) in [6.45, 7) is 31.0. The van der Waals surface area contributed by atoms with Crippen molar-refractivity contribution in [1.82, 2.24) is 48.4 Å². The molecule has 20 atom stereocenters. The van der Waals surface area contributed by atoms with Crippen molar-refractivity contribution in [1.29, 1.82) is 0 Å². The normalized spacial score (nSPS) is 28.7. The second kappa shape index (κ2) is 43.6. The monoisotopic (exact) mass is 1780 g/mol. The van der Waals surface area contributed by atoms with Gasteiger partial charge in [-0.25, -0.2) is 19.2 Å². The highest BCUT2D eigenvalue weighted by molar-refractivity contribution is 7.73. The number of H-pyrrole nitrogens is 4. The molecule has 6 aliphatic rings. The van der Waals surface area contributed by atoms with E-state index in [0.29, 0.717) is 85.9 Å². The van der Waals surface area contributed by atoms with E-state index in [9.17, 15) is 94.2 Å². The van der Waals surface area contributed by atoms with Crippen LogP contribution in [0, 0.1) is 0 Å². The van der Waals surface area contributed by atoms with Crippen molar-refractivity contribution in [2.45, 2.75) is 226 Å². The van der Waals surface area contributed by atoms with Gasteiger partial charge in [-0.1, -0.05) is 45.4 Å². The summed E-state index contributed by atoms with van der Waals surface area (Å²) in [5.41, 5.74) is -4.26. The van der Waals surface area contributed by atoms with Crippen molar-refractivity contribution in [3.63, 3.8) is 0 Å². The number of aliphatic hydroxyl groups excluding tert-OH is 9. The predicted molar refractivity (Wildman–Crippen MR) is 484 cm³/mol. The van der Waals surface area contributed by atoms with E-state index in [-0.39, 0.29) is 12.3 Å². The Kier molecular flexibility index (Phi) is 37.3. The molecule has 0 aromatic carbocycles. The summed E-state index contributed by atoms with van der Waals surface area (Å²) >= 11 is 0. The predicted octanol–water partition coefficient (Wildman–Crippen LogP) is 1.50. The van der Waals surface area contributed by atoms with E-state index in [0.717, 1.165) is 59.2 Å². The van der Waals surface area contributed by atoms with Crippen LogP contribution in [-0.4, -0.2) is 326 Å². The van der Waals surface area contributed by atoms with Gasteiger partial charge < -0.3 is 85.0 Å². The van der Waals surface area contributed by atoms with Gasteiger partial charge in [0.2, 0.25) is 0 Å². The van der Waals surface area contributed by atoms with Crippen molar-refractivity contribution >= 4 is 71.8 Å². The maximum absolute atomic E-state index is 12.2. The fraction of sp³-hybridized carbons (Fsp3) is 0.630. The number of carbonyl (C=O) groups is 1. The maximum atomic E-state index is 12.2. The summed E-state index contributed by atoms with van der Waals surface area (Å²) in [5, 5.41) is 106. The Labute approximate surface area is 700 Å². The Morgan fingerprint density at radius 3 is 1.02 bits per heavy atom. The largest absolute Gasteiger partial charge is 0.388 e. The first-order valence-electron chi connectivity index (χ1n) is 40.1. The molecule has 676 valence electrons. The molecule has 0 aliphatic carbocycles. The van der Waals surface area contributed by atoms with Gasteiger partial charge in [-0.2, -0.15) is 0 Å². The number of nitrogens with one attached hydrogen (secondary N) is 5. The van der Waals surface area contributed by atoms with Gasteiger partial charge in [0.1, 0.15) is 66.4 Å². The minimum atomic E-state index is -1.47. The molecule has 10 heterocycles. The molecule has 1 amide bonds. The standard InChI is InChI=1S/C17H29N2O5P.C17H27N2O5P.C16H27N2O5P.C16H25N2O5P.C15H25N2O4P/c2*1-5-6-7-11-10-19(17(23)18-15(11)22)16-14(21)13(20)12(24-16)8-9-25(2,3)4;2*1-5-6-10-9-18(16(22)17-14(10)21)15-13(20)12(19)11(23-15)7-8-24(2,3)4;1-10-16-12(18)6-8-17(10)14-15(2,20)13(19)11(21-14)7-9-22(3,4)5/h10,12-14,16,20-21H,2,5-9H2,1,3-4H3,(H,18,22,23);5,10,12-14,16,20-21H,1-2,6-9H2,3-4H3,(H,18,22,23);9,11-13,15,19-20H,2,5-8H2,1,3-4H3,(H,17,21,22);5,9,11-13,15,19-20H,1-2,6-8H2,3-4H3,(H,17,21,22);6,8,11,13-14,19-20H,1,3,7,9H2,2,4-5H3,(H,16,18)/t2*12?,13-,14-,16?;2*11?,12-,13-,15?;11?,13-,14-,15-/m11111/s1. The third kappa shape index (κ3) is 28.7. The molecule has 6 aliphatic heterocycles. The Bertz CT molecular complexity index is 4990. The first-order chi connectivity index (χ1) is 55.6. The van der Waals surface area contributed by atoms with Gasteiger partial charge in [-0.15, -0.1) is 79.1 Å². The van der Waals surface area contributed by atoms with E-state index in [1.807, 2.05) is 13.8 Å². The number of aromatic amines is 4. The molecule has 5 saturated heterocycles. The number of amides is 1. The SMILES string of the molecule is C=C1NC(=O)C=CN1[C@@H]1OC(CCP(=C)(C)C)[C@@H](O)[C@@]1(C)O.C=CCCc1cn(C2OC(CCP(=C)(C)C)[C@@H](O)[C@H]2O)c(=O)[nH]c1=O.C=CCc1cn(C2OC(CCP(=C)(C)C)[C@@H](O)[C@H]2O)c(=O)[nH]c1=O.C=P(C)(C)CCC1OC(n2cc(CCC)c(=O)[nH]c2=O)[C@H](O)[C@@H]1O.C=P(C)(C)CCC1OC(n2cc(CCCC)c(=O)[nH]c2=O)[C@H](O)[C@@H]1O. The van der Waals surface area contributed by atoms with E-state index in [4.69, 9.17) is 23.7 Å². The van der Waals surface area contributed by atoms with Crippen LogP contribution < -0.4 is 50.3 Å². The molecular weight excluding hydrogens is 1650 g/mol. The molecule has 5 fully saturated rings. The summed E-state index contributed by atoms with van der Waals surface area (Å²) in [4.78, 5) is 118. The molecule has 34 nitrogen and oxygen atoms in total. The number of hydrogen-bond acceptors (Lipinski definition) is 25. The lowest BCUT2D eigenvalue weighted by Gasteiger charge is -2.37. The van der Waals surface area contributed by atoms with Crippen LogP contribution >= 0.6 is 34.4 Å². The van der Waals surface area contributed by atoms with E-state index >= 15 is 0 Å². The molecule has 0 bridgehead atoms. The summed E-state index contributed by atoms with van der Waals surface area (Å²) in [6.07, 6.45) is 26.3. The first-order valence-corrected chi connectivity index (χ1v) is 55.4. The van der Waals surface area contributed by atoms with E-state index in [1.54, 1.807) is 12.2 Å². The van der Waals surface area contributed by atoms with Crippen molar-refractivity contribution in [3.05, 3.63) is 180 Å². The number of ether oxygens (including phenoxy) is 5. The lowest BCUT2D eigenvalue weighted by molar-refractivity contribution is -0.123. The number of aromatic nitrogens is 8. The Morgan fingerprint density at radius 1 is 0.425 bits per heavy atom. The number of hydrogen-bond donors (Lipinski definition) is 15. The van der Waals surface area contributed by atoms with Crippen LogP contribution in [0.5, 0.6) is 0 Å². The van der Waals surface area contributed by atoms with Gasteiger partial charge in [-0.05, 0) is 175 Å². The number of unbranched alkanes of at least 4 members (excludes halogenated alkanes) is 1. The van der Waals surface area contributed by atoms with Crippen molar-refractivity contribution in [2.75, 3.05) is 97.5 Å². The highest BCUT2D eigenvalue weighted by atomic mass is 31.2. The molecule has 15 N–H and O–H groups in total. The van der Waals surface area contributed by atoms with E-state index in [2.05, 4.69) is 143 Å². The van der Waals surface area contributed by atoms with Crippen molar-refractivity contribution < 1.29 is 79.5 Å². The van der Waals surface area contributed by atoms with Crippen LogP contribution in [0.2, 0.25) is 0 Å². The Morgan fingerprint density at radius 2 is 0.725 bits per heavy atom. The summed E-state index contributed by atoms with van der Waals surface area (Å²) in [5.74, 6) is 0.0372. The fourth-order valence-corrected chi connectivity index (χ4v) is 18.7. The summed E-state index contributed by atoms with van der Waals surface area (Å²) < 4.78 is 33.5. The van der Waals surface area contributed by atoms with Crippen LogP contribution in [0.1, 0.15) is 126 Å². The van der Waals surface area contributed by atoms with Crippen LogP contribution in [-0.2, 0) is 54.2 Å². The quantitative estimate of drug-likeness (QED) is 0.0260. The number of aliphatic hydroxyl groups is 10. The second-order valence-electron chi connectivity index (χ2n) is 35.2. The van der Waals surface area contributed by atoms with Gasteiger partial charge in [0.15, 0.2) is 31.1 Å². The molecule has 39 heteroatoms. The zero-order chi connectivity index (χ0) is 90.4. The summed E-state index contributed by atoms with van der Waals surface area (Å²) in [7, 11) is 0. The van der Waals surface area contributed by atoms with Crippen LogP contribution in [0.15, 0.2) is 113 Å². The number of allylic oxidation sites excluding steroid dienone is 2. The molecule has 0 radical (unpaired) electrons. The number of carbonyl (C=O) groups excluding carboxylic acids is 1. The van der Waals surface area contributed by atoms with Crippen LogP contribution in [0.3, 0.4) is 0 Å². The van der Waals surface area contributed by atoms with Crippen LogP contribution in [0.25, 0.3) is 0 Å². The molecule has 10 rings (SSSR count). The maximum Gasteiger partial charge on any atom is 0.330 e. The van der Waals surface area contributed by atoms with Crippen LogP contribution in [0.4, 0.5) is 0 Å². The van der Waals surface area contributed by atoms with Gasteiger partial charge in [0, 0.05) is 59.3 Å². The minimum Gasteiger partial charge on any atom is -0.388 e. The molecule has 0 saturated carbocycles. The number of rotatable bonds is 30. The average molecular weight is 1790 g/mol. The lowest BCUT2D eigenvalue weighted by atomic mass is 9.95. The van der Waals surface area contributed by atoms with Gasteiger partial charge in [0.25, 0.3) is 28.1 Å². The average Bonchev–Trinajstić information content (AvgIpc) is 1.62. The second-order valence-corrected chi connectivity index (χ2v) is 56.8. The third-order valence-corrected chi connectivity index (χ3v) is 28.3. The Hall–Kier alpha value is -6.15. The topological polar surface area (TPSA) is 500 Å². The number of aryl methyl sites for hydroxylation is 3. The zero-order valence-corrected chi connectivity index (χ0v) is 76.1. The van der Waals surface area contributed by atoms with E-state index < -0.39 is 202 Å². The highest BCUT2D eigenvalue weighted by Crippen LogP contribution is 2.45. The van der Waals surface area contributed by atoms with Gasteiger partial charge in [-0.3, -0.25) is 62.2 Å². The summed E-state index contributed by atoms with van der Waals surface area (Å²) in [6, 6.07) is 0. The first kappa shape index (κ1) is 103. The molecule has 0 spiro atoms. The molecule has 120 heavy (non-hydrogen) atoms. The zero-order valence-electron chi connectivity index (χ0n) is 71.6. The highest BCUT2D eigenvalue weighted by Gasteiger charge is 2.55. The molecule has 4 aromatic heterocycles. The van der Waals surface area contributed by atoms with Crippen molar-refractivity contribution in [2.24, 2.45) is 0 Å². The van der Waals surface area contributed by atoms with Gasteiger partial charge >= 0.3 is 22.8 Å². The lowest BCUT2D eigenvalue weighted by Crippen LogP contribution is -2.53.